The third-order valence-corrected chi connectivity index (χ3v) is 9.33. The van der Waals surface area contributed by atoms with Crippen LogP contribution in [0.4, 0.5) is 9.80 Å². The molecule has 196 valence electrons. The number of alkyl carbamates (subject to hydrolysis) is 1. The Morgan fingerprint density at radius 2 is 1.75 bits per heavy atom. The van der Waals surface area contributed by atoms with Gasteiger partial charge < -0.3 is 10.1 Å². The van der Waals surface area contributed by atoms with E-state index in [-0.39, 0.29) is 16.0 Å². The monoisotopic (exact) mass is 536 g/mol. The van der Waals surface area contributed by atoms with Gasteiger partial charge in [-0.2, -0.15) is 4.31 Å². The topological polar surface area (TPSA) is 125 Å². The van der Waals surface area contributed by atoms with Gasteiger partial charge in [-0.1, -0.05) is 13.8 Å². The number of ether oxygens (including phenoxy) is 1. The average molecular weight is 537 g/mol. The Labute approximate surface area is 215 Å². The highest BCUT2D eigenvalue weighted by Gasteiger charge is 2.30. The zero-order valence-electron chi connectivity index (χ0n) is 21.1. The molecule has 3 rings (SSSR count). The van der Waals surface area contributed by atoms with Gasteiger partial charge in [-0.05, 0) is 50.1 Å². The number of anilines is 1. The van der Waals surface area contributed by atoms with Gasteiger partial charge in [-0.25, -0.2) is 13.2 Å². The Morgan fingerprint density at radius 1 is 1.11 bits per heavy atom. The molecular weight excluding hydrogens is 504 g/mol. The summed E-state index contributed by atoms with van der Waals surface area (Å²) in [5.74, 6) is -1.14. The molecule has 10 nitrogen and oxygen atoms in total. The summed E-state index contributed by atoms with van der Waals surface area (Å²) < 4.78 is 31.3. The van der Waals surface area contributed by atoms with Crippen LogP contribution in [-0.4, -0.2) is 68.3 Å². The van der Waals surface area contributed by atoms with Crippen molar-refractivity contribution in [3.63, 3.8) is 0 Å². The molecular formula is C24H32N4O6S2. The molecule has 12 heteroatoms. The van der Waals surface area contributed by atoms with E-state index in [9.17, 15) is 22.8 Å². The van der Waals surface area contributed by atoms with E-state index in [0.29, 0.717) is 37.1 Å². The maximum atomic E-state index is 13.1. The predicted molar refractivity (Wildman–Crippen MR) is 138 cm³/mol. The van der Waals surface area contributed by atoms with Gasteiger partial charge in [-0.3, -0.25) is 19.8 Å². The number of carbonyl (C=O) groups is 3. The normalized spacial score (nSPS) is 14.0. The van der Waals surface area contributed by atoms with E-state index in [4.69, 9.17) is 0 Å². The number of sulfonamides is 1. The molecule has 0 spiro atoms. The van der Waals surface area contributed by atoms with E-state index >= 15 is 0 Å². The molecule has 1 aliphatic rings. The number of hydrogen-bond donors (Lipinski definition) is 2. The smallest absolute Gasteiger partial charge is 0.413 e. The minimum atomic E-state index is -3.65. The van der Waals surface area contributed by atoms with Gasteiger partial charge >= 0.3 is 6.09 Å². The lowest BCUT2D eigenvalue weighted by atomic mass is 10.0. The number of amides is 3. The minimum absolute atomic E-state index is 0.0984. The number of fused-ring (bicyclic) bond motifs is 1. The number of carbonyl (C=O) groups excluding carboxylic acids is 3. The van der Waals surface area contributed by atoms with E-state index in [0.717, 1.165) is 17.0 Å². The highest BCUT2D eigenvalue weighted by atomic mass is 32.2. The second-order valence-electron chi connectivity index (χ2n) is 8.54. The molecule has 0 bridgehead atoms. The largest absolute Gasteiger partial charge is 0.453 e. The molecule has 0 radical (unpaired) electrons. The number of thiophene rings is 1. The summed E-state index contributed by atoms with van der Waals surface area (Å²) >= 11 is 1.30. The van der Waals surface area contributed by atoms with Crippen LogP contribution in [0.2, 0.25) is 0 Å². The minimum Gasteiger partial charge on any atom is -0.453 e. The van der Waals surface area contributed by atoms with Gasteiger partial charge in [0.05, 0.1) is 17.6 Å². The Bertz CT molecular complexity index is 1230. The molecule has 1 aromatic carbocycles. The Kier molecular flexibility index (Phi) is 8.88. The Morgan fingerprint density at radius 3 is 2.31 bits per heavy atom. The number of hydrogen-bond acceptors (Lipinski definition) is 8. The van der Waals surface area contributed by atoms with Crippen molar-refractivity contribution in [2.75, 3.05) is 32.1 Å². The lowest BCUT2D eigenvalue weighted by Gasteiger charge is -2.30. The Balaban J connectivity index is 1.90. The first-order valence-corrected chi connectivity index (χ1v) is 14.0. The van der Waals surface area contributed by atoms with Crippen LogP contribution in [0.3, 0.4) is 0 Å². The maximum absolute atomic E-state index is 13.1. The van der Waals surface area contributed by atoms with Crippen molar-refractivity contribution in [3.05, 3.63) is 45.8 Å². The third kappa shape index (κ3) is 5.77. The summed E-state index contributed by atoms with van der Waals surface area (Å²) in [6.07, 6.45) is -0.288. The van der Waals surface area contributed by atoms with Gasteiger partial charge in [0.1, 0.15) is 5.00 Å². The lowest BCUT2D eigenvalue weighted by Crippen LogP contribution is -2.36. The van der Waals surface area contributed by atoms with Crippen LogP contribution in [0.25, 0.3) is 0 Å². The van der Waals surface area contributed by atoms with E-state index in [1.807, 2.05) is 0 Å². The predicted octanol–water partition coefficient (Wildman–Crippen LogP) is 3.29. The molecule has 0 unspecified atom stereocenters. The number of nitrogens with one attached hydrogen (secondary N) is 2. The fourth-order valence-corrected chi connectivity index (χ4v) is 6.79. The standard InChI is InChI=1S/C24H32N4O6S2/c1-6-28(7-2)36(32,33)17-10-8-16(9-11-17)21(29)25-23-20(22(30)26-24(31)34-5)18-12-13-27(15(3)4)14-19(18)35-23/h8-11,15H,6-7,12-14H2,1-5H3,(H,25,29)(H,26,30,31). The molecule has 2 heterocycles. The fourth-order valence-electron chi connectivity index (χ4n) is 4.06. The molecule has 0 saturated heterocycles. The average Bonchev–Trinajstić information content (AvgIpc) is 3.21. The summed E-state index contributed by atoms with van der Waals surface area (Å²) in [6, 6.07) is 5.99. The number of nitrogens with zero attached hydrogens (tertiary/aromatic N) is 2. The molecule has 3 amide bonds. The molecule has 1 aliphatic heterocycles. The number of methoxy groups -OCH3 is 1. The zero-order valence-corrected chi connectivity index (χ0v) is 22.7. The second kappa shape index (κ2) is 11.5. The summed E-state index contributed by atoms with van der Waals surface area (Å²) in [4.78, 5) is 41.0. The van der Waals surface area contributed by atoms with E-state index in [1.165, 1.54) is 47.0 Å². The van der Waals surface area contributed by atoms with Gasteiger partial charge in [-0.15, -0.1) is 11.3 Å². The second-order valence-corrected chi connectivity index (χ2v) is 11.6. The molecule has 1 aromatic heterocycles. The summed E-state index contributed by atoms with van der Waals surface area (Å²) in [5, 5.41) is 5.31. The van der Waals surface area contributed by atoms with Crippen LogP contribution in [0.1, 0.15) is 58.9 Å². The molecule has 2 N–H and O–H groups in total. The molecule has 0 atom stereocenters. The van der Waals surface area contributed by atoms with Gasteiger partial charge in [0.15, 0.2) is 0 Å². The van der Waals surface area contributed by atoms with Crippen molar-refractivity contribution in [1.82, 2.24) is 14.5 Å². The van der Waals surface area contributed by atoms with Crippen LogP contribution >= 0.6 is 11.3 Å². The number of benzene rings is 1. The van der Waals surface area contributed by atoms with Crippen LogP contribution < -0.4 is 10.6 Å². The van der Waals surface area contributed by atoms with Gasteiger partial charge in [0, 0.05) is 42.7 Å². The van der Waals surface area contributed by atoms with Crippen molar-refractivity contribution in [2.24, 2.45) is 0 Å². The fraction of sp³-hybridized carbons (Fsp3) is 0.458. The summed E-state index contributed by atoms with van der Waals surface area (Å²) in [5.41, 5.74) is 1.29. The maximum Gasteiger partial charge on any atom is 0.413 e. The Hall–Kier alpha value is -2.80. The third-order valence-electron chi connectivity index (χ3n) is 6.13. The van der Waals surface area contributed by atoms with Crippen molar-refractivity contribution in [1.29, 1.82) is 0 Å². The summed E-state index contributed by atoms with van der Waals surface area (Å²) in [7, 11) is -2.48. The molecule has 2 aromatic rings. The SMILES string of the molecule is CCN(CC)S(=O)(=O)c1ccc(C(=O)Nc2sc3c(c2C(=O)NC(=O)OC)CCN(C(C)C)C3)cc1. The first kappa shape index (κ1) is 27.8. The quantitative estimate of drug-likeness (QED) is 0.530. The molecule has 0 saturated carbocycles. The van der Waals surface area contributed by atoms with Crippen LogP contribution in [0.5, 0.6) is 0 Å². The van der Waals surface area contributed by atoms with Crippen molar-refractivity contribution >= 4 is 44.3 Å². The molecule has 0 aliphatic carbocycles. The van der Waals surface area contributed by atoms with Crippen LogP contribution in [-0.2, 0) is 27.7 Å². The highest BCUT2D eigenvalue weighted by molar-refractivity contribution is 7.89. The van der Waals surface area contributed by atoms with Crippen LogP contribution in [0, 0.1) is 0 Å². The highest BCUT2D eigenvalue weighted by Crippen LogP contribution is 2.38. The van der Waals surface area contributed by atoms with Crippen molar-refractivity contribution in [2.45, 2.75) is 51.6 Å². The summed E-state index contributed by atoms with van der Waals surface area (Å²) in [6.45, 7) is 9.77. The van der Waals surface area contributed by atoms with E-state index in [1.54, 1.807) is 13.8 Å². The van der Waals surface area contributed by atoms with Crippen LogP contribution in [0.15, 0.2) is 29.2 Å². The van der Waals surface area contributed by atoms with Crippen molar-refractivity contribution < 1.29 is 27.5 Å². The molecule has 36 heavy (non-hydrogen) atoms. The lowest BCUT2D eigenvalue weighted by molar-refractivity contribution is 0.0936. The number of imide groups is 1. The van der Waals surface area contributed by atoms with Gasteiger partial charge in [0.2, 0.25) is 10.0 Å². The van der Waals surface area contributed by atoms with E-state index < -0.39 is 27.9 Å². The first-order chi connectivity index (χ1) is 17.0. The van der Waals surface area contributed by atoms with Gasteiger partial charge in [0.25, 0.3) is 11.8 Å². The molecule has 0 fully saturated rings. The number of rotatable bonds is 8. The van der Waals surface area contributed by atoms with Crippen molar-refractivity contribution in [3.8, 4) is 0 Å². The first-order valence-electron chi connectivity index (χ1n) is 11.7. The van der Waals surface area contributed by atoms with E-state index in [2.05, 4.69) is 34.1 Å². The zero-order chi connectivity index (χ0) is 26.6.